The molecule has 1 unspecified atom stereocenters. The van der Waals surface area contributed by atoms with Crippen LogP contribution in [0.5, 0.6) is 0 Å². The van der Waals surface area contributed by atoms with Crippen LogP contribution in [-0.2, 0) is 24.4 Å². The van der Waals surface area contributed by atoms with Crippen LogP contribution < -0.4 is 5.32 Å². The van der Waals surface area contributed by atoms with Crippen LogP contribution >= 0.6 is 0 Å². The van der Waals surface area contributed by atoms with Crippen molar-refractivity contribution in [3.05, 3.63) is 107 Å². The molecule has 0 bridgehead atoms. The quantitative estimate of drug-likeness (QED) is 0.493. The number of aryl methyl sites for hydroxylation is 1. The van der Waals surface area contributed by atoms with E-state index in [4.69, 9.17) is 0 Å². The number of carbonyl (C=O) groups is 2. The smallest absolute Gasteiger partial charge is 0.271 e. The van der Waals surface area contributed by atoms with Gasteiger partial charge in [0.1, 0.15) is 11.2 Å². The number of aromatic nitrogens is 1. The maximum absolute atomic E-state index is 13.8. The number of amides is 2. The van der Waals surface area contributed by atoms with Crippen molar-refractivity contribution in [2.45, 2.75) is 39.0 Å². The van der Waals surface area contributed by atoms with E-state index in [0.29, 0.717) is 25.3 Å². The van der Waals surface area contributed by atoms with Gasteiger partial charge in [0, 0.05) is 24.0 Å². The summed E-state index contributed by atoms with van der Waals surface area (Å²) in [6, 6.07) is 27.7. The van der Waals surface area contributed by atoms with Crippen LogP contribution in [0.3, 0.4) is 0 Å². The first kappa shape index (κ1) is 21.0. The monoisotopic (exact) mass is 437 g/mol. The second kappa shape index (κ2) is 8.24. The molecule has 0 radical (unpaired) electrons. The SMILES string of the molecule is Cc1ccccc1CN1C(=O)c2cc3ccccc3n2CC1(C)C(=O)NCc1ccccc1. The van der Waals surface area contributed by atoms with Gasteiger partial charge in [0.15, 0.2) is 0 Å². The summed E-state index contributed by atoms with van der Waals surface area (Å²) in [6.45, 7) is 5.10. The van der Waals surface area contributed by atoms with Gasteiger partial charge in [0.05, 0.1) is 6.54 Å². The largest absolute Gasteiger partial charge is 0.350 e. The van der Waals surface area contributed by atoms with E-state index in [1.54, 1.807) is 4.90 Å². The van der Waals surface area contributed by atoms with E-state index in [9.17, 15) is 9.59 Å². The van der Waals surface area contributed by atoms with Crippen LogP contribution in [0.25, 0.3) is 10.9 Å². The average Bonchev–Trinajstić information content (AvgIpc) is 3.20. The number of hydrogen-bond acceptors (Lipinski definition) is 2. The van der Waals surface area contributed by atoms with Crippen LogP contribution in [0.2, 0.25) is 0 Å². The number of hydrogen-bond donors (Lipinski definition) is 1. The molecule has 0 fully saturated rings. The van der Waals surface area contributed by atoms with Gasteiger partial charge >= 0.3 is 0 Å². The molecule has 0 saturated heterocycles. The first-order valence-electron chi connectivity index (χ1n) is 11.2. The Bertz CT molecular complexity index is 1340. The molecule has 2 amide bonds. The van der Waals surface area contributed by atoms with E-state index < -0.39 is 5.54 Å². The Morgan fingerprint density at radius 2 is 1.67 bits per heavy atom. The lowest BCUT2D eigenvalue weighted by Gasteiger charge is -2.44. The van der Waals surface area contributed by atoms with Crippen LogP contribution in [-0.4, -0.2) is 26.8 Å². The highest BCUT2D eigenvalue weighted by Crippen LogP contribution is 2.33. The Labute approximate surface area is 193 Å². The van der Waals surface area contributed by atoms with Gasteiger partial charge in [-0.3, -0.25) is 9.59 Å². The molecule has 0 spiro atoms. The zero-order chi connectivity index (χ0) is 23.0. The molecular formula is C28H27N3O2. The summed E-state index contributed by atoms with van der Waals surface area (Å²) in [5.74, 6) is -0.283. The van der Waals surface area contributed by atoms with Crippen molar-refractivity contribution in [2.75, 3.05) is 0 Å². The van der Waals surface area contributed by atoms with Crippen molar-refractivity contribution in [3.63, 3.8) is 0 Å². The van der Waals surface area contributed by atoms with E-state index in [1.807, 2.05) is 103 Å². The maximum Gasteiger partial charge on any atom is 0.271 e. The molecule has 1 aliphatic heterocycles. The van der Waals surface area contributed by atoms with Gasteiger partial charge in [-0.1, -0.05) is 72.8 Å². The van der Waals surface area contributed by atoms with E-state index in [1.165, 1.54) is 0 Å². The molecule has 5 nitrogen and oxygen atoms in total. The highest BCUT2D eigenvalue weighted by Gasteiger charge is 2.47. The number of carbonyl (C=O) groups excluding carboxylic acids is 2. The summed E-state index contributed by atoms with van der Waals surface area (Å²) in [4.78, 5) is 29.2. The fourth-order valence-electron chi connectivity index (χ4n) is 4.68. The molecule has 2 heterocycles. The molecule has 3 aromatic carbocycles. The zero-order valence-corrected chi connectivity index (χ0v) is 18.9. The van der Waals surface area contributed by atoms with Gasteiger partial charge in [-0.25, -0.2) is 0 Å². The van der Waals surface area contributed by atoms with E-state index >= 15 is 0 Å². The van der Waals surface area contributed by atoms with Gasteiger partial charge in [0.25, 0.3) is 5.91 Å². The third-order valence-electron chi connectivity index (χ3n) is 6.71. The fraction of sp³-hybridized carbons (Fsp3) is 0.214. The maximum atomic E-state index is 13.8. The minimum absolute atomic E-state index is 0.127. The van der Waals surface area contributed by atoms with E-state index in [2.05, 4.69) is 5.32 Å². The van der Waals surface area contributed by atoms with Gasteiger partial charge in [-0.05, 0) is 42.7 Å². The van der Waals surface area contributed by atoms with Crippen molar-refractivity contribution in [2.24, 2.45) is 0 Å². The molecule has 5 rings (SSSR count). The second-order valence-corrected chi connectivity index (χ2v) is 8.93. The predicted octanol–water partition coefficient (Wildman–Crippen LogP) is 4.68. The van der Waals surface area contributed by atoms with Crippen LogP contribution in [0.1, 0.15) is 34.1 Å². The number of para-hydroxylation sites is 1. The first-order chi connectivity index (χ1) is 16.0. The Morgan fingerprint density at radius 1 is 0.970 bits per heavy atom. The number of benzene rings is 3. The second-order valence-electron chi connectivity index (χ2n) is 8.93. The zero-order valence-electron chi connectivity index (χ0n) is 18.9. The molecule has 0 aliphatic carbocycles. The molecule has 5 heteroatoms. The highest BCUT2D eigenvalue weighted by atomic mass is 16.2. The lowest BCUT2D eigenvalue weighted by atomic mass is 9.93. The molecule has 1 aromatic heterocycles. The average molecular weight is 438 g/mol. The van der Waals surface area contributed by atoms with Crippen molar-refractivity contribution in [1.29, 1.82) is 0 Å². The number of nitrogens with one attached hydrogen (secondary N) is 1. The number of fused-ring (bicyclic) bond motifs is 3. The normalized spacial score (nSPS) is 17.8. The van der Waals surface area contributed by atoms with Gasteiger partial charge < -0.3 is 14.8 Å². The molecule has 0 saturated carbocycles. The fourth-order valence-corrected chi connectivity index (χ4v) is 4.68. The summed E-state index contributed by atoms with van der Waals surface area (Å²) >= 11 is 0. The predicted molar refractivity (Wildman–Crippen MR) is 130 cm³/mol. The molecule has 33 heavy (non-hydrogen) atoms. The Balaban J connectivity index is 1.55. The first-order valence-corrected chi connectivity index (χ1v) is 11.2. The van der Waals surface area contributed by atoms with E-state index in [-0.39, 0.29) is 11.8 Å². The molecule has 1 atom stereocenters. The lowest BCUT2D eigenvalue weighted by Crippen LogP contribution is -2.63. The number of nitrogens with zero attached hydrogens (tertiary/aromatic N) is 2. The third kappa shape index (κ3) is 3.69. The van der Waals surface area contributed by atoms with Gasteiger partial charge in [-0.15, -0.1) is 0 Å². The standard InChI is InChI=1S/C28H27N3O2/c1-20-10-6-7-14-23(20)18-31-26(32)25-16-22-13-8-9-15-24(22)30(25)19-28(31,2)27(33)29-17-21-11-4-3-5-12-21/h3-16H,17-19H2,1-2H3,(H,29,33). The minimum Gasteiger partial charge on any atom is -0.350 e. The summed E-state index contributed by atoms with van der Waals surface area (Å²) in [5, 5.41) is 4.09. The van der Waals surface area contributed by atoms with Crippen LogP contribution in [0.15, 0.2) is 84.9 Å². The summed E-state index contributed by atoms with van der Waals surface area (Å²) in [7, 11) is 0. The number of rotatable bonds is 5. The Morgan fingerprint density at radius 3 is 2.45 bits per heavy atom. The van der Waals surface area contributed by atoms with E-state index in [0.717, 1.165) is 27.6 Å². The molecule has 1 aliphatic rings. The van der Waals surface area contributed by atoms with Crippen molar-refractivity contribution in [1.82, 2.24) is 14.8 Å². The van der Waals surface area contributed by atoms with Crippen LogP contribution in [0.4, 0.5) is 0 Å². The van der Waals surface area contributed by atoms with Gasteiger partial charge in [-0.2, -0.15) is 0 Å². The Kier molecular flexibility index (Phi) is 5.25. The molecule has 1 N–H and O–H groups in total. The summed E-state index contributed by atoms with van der Waals surface area (Å²) in [6.07, 6.45) is 0. The lowest BCUT2D eigenvalue weighted by molar-refractivity contribution is -0.133. The molecule has 4 aromatic rings. The van der Waals surface area contributed by atoms with Crippen molar-refractivity contribution < 1.29 is 9.59 Å². The van der Waals surface area contributed by atoms with Crippen molar-refractivity contribution >= 4 is 22.7 Å². The minimum atomic E-state index is -1.04. The molecule has 166 valence electrons. The van der Waals surface area contributed by atoms with Gasteiger partial charge in [0.2, 0.25) is 5.91 Å². The summed E-state index contributed by atoms with van der Waals surface area (Å²) < 4.78 is 1.99. The summed E-state index contributed by atoms with van der Waals surface area (Å²) in [5.41, 5.74) is 3.72. The Hall–Kier alpha value is -3.86. The highest BCUT2D eigenvalue weighted by molar-refractivity contribution is 6.03. The molecular weight excluding hydrogens is 410 g/mol. The van der Waals surface area contributed by atoms with Crippen molar-refractivity contribution in [3.8, 4) is 0 Å². The van der Waals surface area contributed by atoms with Crippen LogP contribution in [0, 0.1) is 6.92 Å². The topological polar surface area (TPSA) is 54.3 Å². The third-order valence-corrected chi connectivity index (χ3v) is 6.71.